The van der Waals surface area contributed by atoms with Crippen molar-refractivity contribution < 1.29 is 23.8 Å². The smallest absolute Gasteiger partial charge is 0.209 e. The molecule has 0 unspecified atom stereocenters. The molecular formula is C28H24BrNO5. The van der Waals surface area contributed by atoms with Gasteiger partial charge >= 0.3 is 0 Å². The second kappa shape index (κ2) is 10.2. The summed E-state index contributed by atoms with van der Waals surface area (Å²) >= 11 is 3.39. The molecule has 0 saturated carbocycles. The zero-order valence-corrected chi connectivity index (χ0v) is 21.4. The van der Waals surface area contributed by atoms with Gasteiger partial charge < -0.3 is 18.6 Å². The number of carbonyl (C=O) groups is 2. The van der Waals surface area contributed by atoms with Gasteiger partial charge in [-0.15, -0.1) is 0 Å². The molecule has 2 heterocycles. The lowest BCUT2D eigenvalue weighted by Crippen LogP contribution is -2.04. The van der Waals surface area contributed by atoms with Crippen LogP contribution in [0.1, 0.15) is 37.5 Å². The summed E-state index contributed by atoms with van der Waals surface area (Å²) in [5.74, 6) is 1.07. The number of ketones is 2. The number of halogens is 1. The molecule has 2 aromatic heterocycles. The maximum absolute atomic E-state index is 13.3. The highest BCUT2D eigenvalue weighted by molar-refractivity contribution is 9.10. The quantitative estimate of drug-likeness (QED) is 0.200. The van der Waals surface area contributed by atoms with Crippen LogP contribution >= 0.6 is 15.9 Å². The van der Waals surface area contributed by atoms with Crippen molar-refractivity contribution in [1.82, 2.24) is 4.40 Å². The number of aromatic nitrogens is 1. The Morgan fingerprint density at radius 1 is 0.886 bits per heavy atom. The normalized spacial score (nSPS) is 11.1. The van der Waals surface area contributed by atoms with Gasteiger partial charge in [-0.05, 0) is 78.7 Å². The molecule has 0 amide bonds. The van der Waals surface area contributed by atoms with E-state index in [0.717, 1.165) is 10.0 Å². The Morgan fingerprint density at radius 3 is 2.14 bits per heavy atom. The number of pyridine rings is 1. The average Bonchev–Trinajstić information content (AvgIpc) is 3.25. The van der Waals surface area contributed by atoms with Crippen molar-refractivity contribution >= 4 is 39.1 Å². The number of fused-ring (bicyclic) bond motifs is 1. The van der Waals surface area contributed by atoms with Crippen LogP contribution in [0.2, 0.25) is 0 Å². The third-order valence-corrected chi connectivity index (χ3v) is 6.17. The predicted molar refractivity (Wildman–Crippen MR) is 139 cm³/mol. The van der Waals surface area contributed by atoms with Gasteiger partial charge in [0.15, 0.2) is 17.3 Å². The number of allylic oxidation sites excluding steroid dienone is 1. The highest BCUT2D eigenvalue weighted by atomic mass is 79.9. The van der Waals surface area contributed by atoms with E-state index in [9.17, 15) is 9.59 Å². The van der Waals surface area contributed by atoms with Gasteiger partial charge in [0.2, 0.25) is 11.5 Å². The van der Waals surface area contributed by atoms with E-state index < -0.39 is 0 Å². The summed E-state index contributed by atoms with van der Waals surface area (Å²) < 4.78 is 18.8. The number of carbonyl (C=O) groups excluding carboxylic acids is 2. The summed E-state index contributed by atoms with van der Waals surface area (Å²) in [5, 5.41) is 0. The van der Waals surface area contributed by atoms with Gasteiger partial charge in [0, 0.05) is 21.8 Å². The molecule has 0 aliphatic rings. The minimum atomic E-state index is -0.225. The molecule has 7 heteroatoms. The monoisotopic (exact) mass is 533 g/mol. The van der Waals surface area contributed by atoms with Crippen molar-refractivity contribution in [1.29, 1.82) is 0 Å². The van der Waals surface area contributed by atoms with Crippen LogP contribution in [0.4, 0.5) is 0 Å². The lowest BCUT2D eigenvalue weighted by Gasteiger charge is -2.12. The zero-order valence-electron chi connectivity index (χ0n) is 19.8. The first-order chi connectivity index (χ1) is 16.9. The predicted octanol–water partition coefficient (Wildman–Crippen LogP) is 6.16. The van der Waals surface area contributed by atoms with Crippen molar-refractivity contribution in [2.24, 2.45) is 0 Å². The van der Waals surface area contributed by atoms with Crippen molar-refractivity contribution in [3.8, 4) is 17.2 Å². The van der Waals surface area contributed by atoms with Crippen LogP contribution in [0.3, 0.4) is 0 Å². The fourth-order valence-electron chi connectivity index (χ4n) is 3.88. The maximum Gasteiger partial charge on any atom is 0.209 e. The largest absolute Gasteiger partial charge is 0.493 e. The maximum atomic E-state index is 13.3. The van der Waals surface area contributed by atoms with E-state index in [2.05, 4.69) is 15.9 Å². The molecule has 2 aromatic carbocycles. The summed E-state index contributed by atoms with van der Waals surface area (Å²) in [5.41, 5.74) is 3.77. The number of benzene rings is 2. The molecule has 4 rings (SSSR count). The van der Waals surface area contributed by atoms with Gasteiger partial charge in [-0.2, -0.15) is 0 Å². The van der Waals surface area contributed by atoms with Gasteiger partial charge in [-0.3, -0.25) is 9.59 Å². The van der Waals surface area contributed by atoms with E-state index >= 15 is 0 Å². The van der Waals surface area contributed by atoms with Crippen LogP contribution in [0.5, 0.6) is 17.2 Å². The van der Waals surface area contributed by atoms with Crippen LogP contribution in [0.25, 0.3) is 11.6 Å². The van der Waals surface area contributed by atoms with E-state index in [-0.39, 0.29) is 11.6 Å². The third-order valence-electron chi connectivity index (χ3n) is 5.65. The number of methoxy groups -OCH3 is 3. The third kappa shape index (κ3) is 4.86. The fourth-order valence-corrected chi connectivity index (χ4v) is 4.15. The van der Waals surface area contributed by atoms with Gasteiger partial charge in [0.25, 0.3) is 0 Å². The Bertz CT molecular complexity index is 1430. The van der Waals surface area contributed by atoms with Gasteiger partial charge in [0.1, 0.15) is 0 Å². The Morgan fingerprint density at radius 2 is 1.54 bits per heavy atom. The Kier molecular flexibility index (Phi) is 7.07. The van der Waals surface area contributed by atoms with Crippen LogP contribution in [0.15, 0.2) is 71.3 Å². The second-order valence-corrected chi connectivity index (χ2v) is 8.81. The standard InChI is InChI=1S/C28H24BrNO5/c1-17-11-12-30-22(13-17)21(16-23(30)27(32)19-6-8-20(29)9-7-19)24(31)10-5-18-14-25(33-2)28(35-4)26(15-18)34-3/h5-16H,1-4H3/b10-5+. The molecule has 0 saturated heterocycles. The minimum Gasteiger partial charge on any atom is -0.493 e. The molecule has 0 N–H and O–H groups in total. The summed E-state index contributed by atoms with van der Waals surface area (Å²) in [4.78, 5) is 26.6. The molecule has 0 radical (unpaired) electrons. The van der Waals surface area contributed by atoms with E-state index in [4.69, 9.17) is 14.2 Å². The summed E-state index contributed by atoms with van der Waals surface area (Å²) in [7, 11) is 4.61. The van der Waals surface area contributed by atoms with Crippen molar-refractivity contribution in [2.75, 3.05) is 21.3 Å². The van der Waals surface area contributed by atoms with Gasteiger partial charge in [0.05, 0.1) is 32.5 Å². The van der Waals surface area contributed by atoms with E-state index in [1.165, 1.54) is 27.4 Å². The summed E-state index contributed by atoms with van der Waals surface area (Å²) in [6.07, 6.45) is 4.98. The van der Waals surface area contributed by atoms with Gasteiger partial charge in [-0.1, -0.05) is 22.0 Å². The molecule has 0 spiro atoms. The summed E-state index contributed by atoms with van der Waals surface area (Å²) in [6, 6.07) is 16.1. The number of hydrogen-bond acceptors (Lipinski definition) is 5. The second-order valence-electron chi connectivity index (χ2n) is 7.89. The van der Waals surface area contributed by atoms with Crippen LogP contribution in [-0.4, -0.2) is 37.3 Å². The van der Waals surface area contributed by atoms with Gasteiger partial charge in [-0.25, -0.2) is 0 Å². The first-order valence-electron chi connectivity index (χ1n) is 10.8. The molecule has 0 aliphatic heterocycles. The van der Waals surface area contributed by atoms with Crippen molar-refractivity contribution in [2.45, 2.75) is 6.92 Å². The number of nitrogens with zero attached hydrogens (tertiary/aromatic N) is 1. The number of aryl methyl sites for hydroxylation is 1. The molecule has 6 nitrogen and oxygen atoms in total. The highest BCUT2D eigenvalue weighted by Crippen LogP contribution is 2.38. The Balaban J connectivity index is 1.74. The molecular weight excluding hydrogens is 510 g/mol. The molecule has 178 valence electrons. The first kappa shape index (κ1) is 24.3. The number of ether oxygens (including phenoxy) is 3. The van der Waals surface area contributed by atoms with Crippen LogP contribution < -0.4 is 14.2 Å². The molecule has 35 heavy (non-hydrogen) atoms. The zero-order chi connectivity index (χ0) is 25.1. The number of rotatable bonds is 8. The van der Waals surface area contributed by atoms with Crippen molar-refractivity contribution in [3.05, 3.63) is 99.3 Å². The highest BCUT2D eigenvalue weighted by Gasteiger charge is 2.20. The SMILES string of the molecule is COc1cc(/C=C/C(=O)c2cc(C(=O)c3ccc(Br)cc3)n3ccc(C)cc23)cc(OC)c1OC. The lowest BCUT2D eigenvalue weighted by molar-refractivity contribution is 0.103. The summed E-state index contributed by atoms with van der Waals surface area (Å²) in [6.45, 7) is 1.95. The molecule has 0 aliphatic carbocycles. The van der Waals surface area contributed by atoms with Crippen molar-refractivity contribution in [3.63, 3.8) is 0 Å². The molecule has 0 fully saturated rings. The van der Waals surface area contributed by atoms with Crippen LogP contribution in [0, 0.1) is 6.92 Å². The fraction of sp³-hybridized carbons (Fsp3) is 0.143. The Labute approximate surface area is 211 Å². The van der Waals surface area contributed by atoms with Crippen LogP contribution in [-0.2, 0) is 0 Å². The first-order valence-corrected chi connectivity index (χ1v) is 11.6. The molecule has 0 bridgehead atoms. The number of hydrogen-bond donors (Lipinski definition) is 0. The minimum absolute atomic E-state index is 0.163. The molecule has 4 aromatic rings. The van der Waals surface area contributed by atoms with E-state index in [1.807, 2.05) is 37.4 Å². The Hall–Kier alpha value is -3.84. The average molecular weight is 534 g/mol. The van der Waals surface area contributed by atoms with E-state index in [1.54, 1.807) is 40.8 Å². The molecule has 0 atom stereocenters. The van der Waals surface area contributed by atoms with E-state index in [0.29, 0.717) is 45.1 Å². The lowest BCUT2D eigenvalue weighted by atomic mass is 10.1. The topological polar surface area (TPSA) is 66.2 Å².